The fourth-order valence-electron chi connectivity index (χ4n) is 4.83. The van der Waals surface area contributed by atoms with E-state index in [1.807, 2.05) is 10.7 Å². The summed E-state index contributed by atoms with van der Waals surface area (Å²) >= 11 is 0. The van der Waals surface area contributed by atoms with Crippen LogP contribution in [-0.2, 0) is 6.54 Å². The standard InChI is InChI=1S/C25H37N9/c1-18(2)22-17-28-24-23(29-25(30-34(22)24)33-10-8-20(26)9-11-33)27-16-19-6-4-5-7-21(19)32-14-12-31(3)13-15-32/h4-7,17-18,20H,8-16,26H2,1-3H3,(H,27,29,30). The monoisotopic (exact) mass is 463 g/mol. The van der Waals surface area contributed by atoms with E-state index in [9.17, 15) is 0 Å². The summed E-state index contributed by atoms with van der Waals surface area (Å²) in [5.74, 6) is 1.84. The molecule has 0 amide bonds. The molecule has 0 spiro atoms. The second-order valence-electron chi connectivity index (χ2n) is 9.93. The van der Waals surface area contributed by atoms with Crippen LogP contribution in [-0.4, -0.2) is 76.8 Å². The summed E-state index contributed by atoms with van der Waals surface area (Å²) in [6.07, 6.45) is 3.85. The number of rotatable bonds is 6. The van der Waals surface area contributed by atoms with E-state index in [-0.39, 0.29) is 6.04 Å². The molecule has 0 radical (unpaired) electrons. The maximum absolute atomic E-state index is 6.14. The first-order valence-electron chi connectivity index (χ1n) is 12.5. The van der Waals surface area contributed by atoms with E-state index in [4.69, 9.17) is 20.8 Å². The van der Waals surface area contributed by atoms with Crippen molar-refractivity contribution < 1.29 is 0 Å². The van der Waals surface area contributed by atoms with Crippen LogP contribution in [0.1, 0.15) is 43.9 Å². The number of fused-ring (bicyclic) bond motifs is 1. The predicted octanol–water partition coefficient (Wildman–Crippen LogP) is 2.54. The molecule has 0 aliphatic carbocycles. The lowest BCUT2D eigenvalue weighted by molar-refractivity contribution is 0.312. The fourth-order valence-corrected chi connectivity index (χ4v) is 4.83. The van der Waals surface area contributed by atoms with Crippen LogP contribution in [0.5, 0.6) is 0 Å². The quantitative estimate of drug-likeness (QED) is 0.576. The van der Waals surface area contributed by atoms with E-state index < -0.39 is 0 Å². The van der Waals surface area contributed by atoms with Crippen LogP contribution in [0.15, 0.2) is 30.5 Å². The van der Waals surface area contributed by atoms with Crippen LogP contribution in [0.25, 0.3) is 5.65 Å². The third-order valence-corrected chi connectivity index (χ3v) is 7.07. The molecule has 3 aromatic rings. The van der Waals surface area contributed by atoms with Crippen LogP contribution in [0, 0.1) is 0 Å². The van der Waals surface area contributed by atoms with Gasteiger partial charge in [-0.3, -0.25) is 0 Å². The van der Waals surface area contributed by atoms with Gasteiger partial charge in [-0.05, 0) is 37.4 Å². The van der Waals surface area contributed by atoms with Gasteiger partial charge in [0, 0.05) is 57.5 Å². The molecule has 5 rings (SSSR count). The van der Waals surface area contributed by atoms with Crippen molar-refractivity contribution in [3.63, 3.8) is 0 Å². The first-order chi connectivity index (χ1) is 16.5. The molecule has 0 atom stereocenters. The highest BCUT2D eigenvalue weighted by Crippen LogP contribution is 2.26. The second kappa shape index (κ2) is 9.76. The van der Waals surface area contributed by atoms with Crippen LogP contribution >= 0.6 is 0 Å². The predicted molar refractivity (Wildman–Crippen MR) is 138 cm³/mol. The van der Waals surface area contributed by atoms with Gasteiger partial charge in [0.15, 0.2) is 11.5 Å². The summed E-state index contributed by atoms with van der Waals surface area (Å²) in [7, 11) is 2.19. The Bertz CT molecular complexity index is 1110. The molecule has 1 aromatic carbocycles. The molecule has 4 heterocycles. The Balaban J connectivity index is 1.44. The zero-order valence-corrected chi connectivity index (χ0v) is 20.6. The van der Waals surface area contributed by atoms with Crippen molar-refractivity contribution in [2.24, 2.45) is 5.73 Å². The third-order valence-electron chi connectivity index (χ3n) is 7.07. The SMILES string of the molecule is CC(C)c1cnc2c(NCc3ccccc3N3CCN(C)CC3)nc(N3CCC(N)CC3)nn12. The van der Waals surface area contributed by atoms with Crippen molar-refractivity contribution in [1.82, 2.24) is 24.5 Å². The van der Waals surface area contributed by atoms with E-state index in [1.54, 1.807) is 0 Å². The fraction of sp³-hybridized carbons (Fsp3) is 0.560. The van der Waals surface area contributed by atoms with Crippen LogP contribution in [0.2, 0.25) is 0 Å². The molecular formula is C25H37N9. The lowest BCUT2D eigenvalue weighted by Gasteiger charge is -2.35. The highest BCUT2D eigenvalue weighted by atomic mass is 15.4. The number of imidazole rings is 1. The van der Waals surface area contributed by atoms with Gasteiger partial charge in [-0.15, -0.1) is 5.10 Å². The number of nitrogens with zero attached hydrogens (tertiary/aromatic N) is 7. The highest BCUT2D eigenvalue weighted by Gasteiger charge is 2.22. The van der Waals surface area contributed by atoms with Gasteiger partial charge in [-0.2, -0.15) is 4.98 Å². The van der Waals surface area contributed by atoms with Gasteiger partial charge in [0.2, 0.25) is 5.95 Å². The highest BCUT2D eigenvalue weighted by molar-refractivity contribution is 5.65. The Labute approximate surface area is 202 Å². The number of hydrogen-bond donors (Lipinski definition) is 2. The topological polar surface area (TPSA) is 90.9 Å². The Morgan fingerprint density at radius 3 is 2.50 bits per heavy atom. The largest absolute Gasteiger partial charge is 0.369 e. The van der Waals surface area contributed by atoms with Crippen molar-refractivity contribution in [2.75, 3.05) is 61.4 Å². The number of nitrogens with one attached hydrogen (secondary N) is 1. The molecule has 182 valence electrons. The van der Waals surface area contributed by atoms with Gasteiger partial charge in [0.25, 0.3) is 0 Å². The number of para-hydroxylation sites is 1. The lowest BCUT2D eigenvalue weighted by Crippen LogP contribution is -2.44. The van der Waals surface area contributed by atoms with E-state index in [0.717, 1.165) is 75.2 Å². The zero-order valence-electron chi connectivity index (χ0n) is 20.6. The summed E-state index contributed by atoms with van der Waals surface area (Å²) in [4.78, 5) is 16.8. The molecule has 2 aliphatic rings. The van der Waals surface area contributed by atoms with Gasteiger partial charge in [0.1, 0.15) is 0 Å². The Morgan fingerprint density at radius 1 is 1.03 bits per heavy atom. The Kier molecular flexibility index (Phi) is 6.56. The van der Waals surface area contributed by atoms with Crippen molar-refractivity contribution in [3.8, 4) is 0 Å². The van der Waals surface area contributed by atoms with Gasteiger partial charge in [0.05, 0.1) is 11.9 Å². The van der Waals surface area contributed by atoms with Gasteiger partial charge >= 0.3 is 0 Å². The maximum Gasteiger partial charge on any atom is 0.245 e. The van der Waals surface area contributed by atoms with Crippen LogP contribution < -0.4 is 20.9 Å². The van der Waals surface area contributed by atoms with Crippen molar-refractivity contribution >= 4 is 23.1 Å². The van der Waals surface area contributed by atoms with E-state index in [2.05, 4.69) is 65.2 Å². The molecule has 9 heteroatoms. The molecule has 2 saturated heterocycles. The van der Waals surface area contributed by atoms with Crippen LogP contribution in [0.4, 0.5) is 17.5 Å². The lowest BCUT2D eigenvalue weighted by atomic mass is 10.1. The minimum Gasteiger partial charge on any atom is -0.369 e. The Morgan fingerprint density at radius 2 is 1.76 bits per heavy atom. The number of hydrogen-bond acceptors (Lipinski definition) is 8. The molecule has 2 aliphatic heterocycles. The molecule has 2 fully saturated rings. The molecule has 2 aromatic heterocycles. The molecular weight excluding hydrogens is 426 g/mol. The molecule has 0 bridgehead atoms. The average molecular weight is 464 g/mol. The number of likely N-dealkylation sites (N-methyl/N-ethyl adjacent to an activating group) is 1. The first-order valence-corrected chi connectivity index (χ1v) is 12.5. The Hall–Kier alpha value is -2.91. The molecule has 9 nitrogen and oxygen atoms in total. The maximum atomic E-state index is 6.14. The summed E-state index contributed by atoms with van der Waals surface area (Å²) in [6.45, 7) is 11.0. The molecule has 3 N–H and O–H groups in total. The molecule has 0 unspecified atom stereocenters. The van der Waals surface area contributed by atoms with Crippen molar-refractivity contribution in [3.05, 3.63) is 41.7 Å². The van der Waals surface area contributed by atoms with Gasteiger partial charge < -0.3 is 25.8 Å². The van der Waals surface area contributed by atoms with Gasteiger partial charge in [-0.25, -0.2) is 9.50 Å². The normalized spacial score (nSPS) is 18.3. The number of piperazine rings is 1. The first kappa shape index (κ1) is 22.9. The summed E-state index contributed by atoms with van der Waals surface area (Å²) < 4.78 is 1.97. The summed E-state index contributed by atoms with van der Waals surface area (Å²) in [6, 6.07) is 8.94. The number of aromatic nitrogens is 4. The van der Waals surface area contributed by atoms with Gasteiger partial charge in [-0.1, -0.05) is 32.0 Å². The van der Waals surface area contributed by atoms with Crippen LogP contribution in [0.3, 0.4) is 0 Å². The minimum atomic E-state index is 0.267. The second-order valence-corrected chi connectivity index (χ2v) is 9.93. The number of benzene rings is 1. The zero-order chi connectivity index (χ0) is 23.7. The van der Waals surface area contributed by atoms with Crippen molar-refractivity contribution in [2.45, 2.75) is 45.2 Å². The number of nitrogens with two attached hydrogens (primary N) is 1. The number of piperidine rings is 1. The summed E-state index contributed by atoms with van der Waals surface area (Å²) in [5.41, 5.74) is 10.6. The minimum absolute atomic E-state index is 0.267. The molecule has 34 heavy (non-hydrogen) atoms. The van der Waals surface area contributed by atoms with E-state index >= 15 is 0 Å². The third kappa shape index (κ3) is 4.67. The summed E-state index contributed by atoms with van der Waals surface area (Å²) in [5, 5.41) is 8.50. The number of anilines is 3. The smallest absolute Gasteiger partial charge is 0.245 e. The van der Waals surface area contributed by atoms with Crippen molar-refractivity contribution in [1.29, 1.82) is 0 Å². The molecule has 0 saturated carbocycles. The average Bonchev–Trinajstić information content (AvgIpc) is 3.28. The van der Waals surface area contributed by atoms with E-state index in [1.165, 1.54) is 11.3 Å². The van der Waals surface area contributed by atoms with E-state index in [0.29, 0.717) is 12.5 Å².